The van der Waals surface area contributed by atoms with Gasteiger partial charge in [0.05, 0.1) is 35.1 Å². The molecular weight excluding hydrogens is 606 g/mol. The summed E-state index contributed by atoms with van der Waals surface area (Å²) in [5.41, 5.74) is 8.44. The molecule has 2 aromatic carbocycles. The van der Waals surface area contributed by atoms with Crippen molar-refractivity contribution in [3.05, 3.63) is 71.2 Å². The Labute approximate surface area is 271 Å². The fraction of sp³-hybridized carbons (Fsp3) is 0.353. The average molecular weight is 644 g/mol. The Balaban J connectivity index is 1.40. The van der Waals surface area contributed by atoms with Crippen LogP contribution in [0, 0.1) is 6.92 Å². The molecule has 46 heavy (non-hydrogen) atoms. The van der Waals surface area contributed by atoms with E-state index in [9.17, 15) is 14.4 Å². The minimum atomic E-state index is -0.740. The molecule has 4 amide bonds. The number of nitrogens with two attached hydrogens (primary N) is 1. The van der Waals surface area contributed by atoms with Gasteiger partial charge in [-0.2, -0.15) is 0 Å². The lowest BCUT2D eigenvalue weighted by atomic mass is 10.00. The van der Waals surface area contributed by atoms with Crippen LogP contribution in [0.2, 0.25) is 0 Å². The van der Waals surface area contributed by atoms with Gasteiger partial charge in [-0.1, -0.05) is 18.2 Å². The number of thiophene rings is 1. The van der Waals surface area contributed by atoms with Crippen molar-refractivity contribution < 1.29 is 28.6 Å². The van der Waals surface area contributed by atoms with Crippen molar-refractivity contribution in [1.82, 2.24) is 9.88 Å². The summed E-state index contributed by atoms with van der Waals surface area (Å²) in [7, 11) is 0. The molecule has 0 radical (unpaired) electrons. The van der Waals surface area contributed by atoms with Gasteiger partial charge in [0, 0.05) is 32.5 Å². The number of amides is 4. The van der Waals surface area contributed by atoms with Crippen LogP contribution in [0.4, 0.5) is 21.9 Å². The normalized spacial score (nSPS) is 17.0. The number of rotatable bonds is 11. The summed E-state index contributed by atoms with van der Waals surface area (Å²) in [5, 5.41) is 0.678. The Bertz CT molecular complexity index is 1760. The molecule has 0 spiro atoms. The third kappa shape index (κ3) is 5.91. The number of urea groups is 1. The molecule has 4 heterocycles. The number of hydrogen-bond acceptors (Lipinski definition) is 8. The molecule has 11 nitrogen and oxygen atoms in total. The number of piperidine rings is 1. The lowest BCUT2D eigenvalue weighted by molar-refractivity contribution is -0.148. The Morgan fingerprint density at radius 1 is 1.07 bits per heavy atom. The van der Waals surface area contributed by atoms with E-state index in [2.05, 4.69) is 4.98 Å². The van der Waals surface area contributed by atoms with E-state index in [-0.39, 0.29) is 30.0 Å². The van der Waals surface area contributed by atoms with Crippen LogP contribution in [-0.4, -0.2) is 72.8 Å². The summed E-state index contributed by atoms with van der Waals surface area (Å²) in [4.78, 5) is 51.7. The van der Waals surface area contributed by atoms with E-state index in [0.29, 0.717) is 71.4 Å². The van der Waals surface area contributed by atoms with Crippen LogP contribution in [-0.2, 0) is 14.3 Å². The van der Waals surface area contributed by atoms with Gasteiger partial charge in [-0.3, -0.25) is 19.4 Å². The standard InChI is InChI=1S/C34H37N5O6S/c1-4-43-20-27(44-5-2)33(41)37-17-9-10-22(19-37)38-29-28-26(15-16-36-32(28)46-30(29)31(35)40)39(34(38)42)25-14-13-24(18-21(25)3)45-23-11-7-6-8-12-23/h6-8,11-16,18,22,27H,4-5,9-10,17,19-20H2,1-3H3,(H2,35,40)/t22-,27?/m1/s1. The summed E-state index contributed by atoms with van der Waals surface area (Å²) < 4.78 is 17.3. The first-order valence-electron chi connectivity index (χ1n) is 15.5. The molecule has 2 aromatic heterocycles. The molecule has 1 unspecified atom stereocenters. The SMILES string of the molecule is CCOCC(OCC)C(=O)N1CCC[C@@H](N2C(=O)N(c3ccc(Oc4ccccc4)cc3C)c3ccnc4sc(C(N)=O)c2c34)C1. The number of aromatic nitrogens is 1. The van der Waals surface area contributed by atoms with Crippen molar-refractivity contribution >= 4 is 56.5 Å². The van der Waals surface area contributed by atoms with Gasteiger partial charge in [0.25, 0.3) is 11.8 Å². The van der Waals surface area contributed by atoms with Gasteiger partial charge in [0.15, 0.2) is 6.10 Å². The highest BCUT2D eigenvalue weighted by Crippen LogP contribution is 2.50. The van der Waals surface area contributed by atoms with Crippen LogP contribution in [0.1, 0.15) is 41.9 Å². The van der Waals surface area contributed by atoms with Gasteiger partial charge in [-0.25, -0.2) is 9.78 Å². The molecule has 1 saturated heterocycles. The maximum absolute atomic E-state index is 14.8. The van der Waals surface area contributed by atoms with E-state index >= 15 is 0 Å². The largest absolute Gasteiger partial charge is 0.457 e. The van der Waals surface area contributed by atoms with Gasteiger partial charge < -0.3 is 24.8 Å². The molecule has 240 valence electrons. The average Bonchev–Trinajstić information content (AvgIpc) is 3.45. The van der Waals surface area contributed by atoms with Gasteiger partial charge in [-0.15, -0.1) is 11.3 Å². The highest BCUT2D eigenvalue weighted by molar-refractivity contribution is 7.21. The van der Waals surface area contributed by atoms with E-state index in [1.165, 1.54) is 11.3 Å². The molecule has 12 heteroatoms. The Morgan fingerprint density at radius 2 is 1.87 bits per heavy atom. The van der Waals surface area contributed by atoms with Crippen molar-refractivity contribution in [3.63, 3.8) is 0 Å². The minimum Gasteiger partial charge on any atom is -0.457 e. The molecule has 2 atom stereocenters. The number of benzene rings is 2. The van der Waals surface area contributed by atoms with Crippen molar-refractivity contribution in [1.29, 1.82) is 0 Å². The molecule has 4 aromatic rings. The molecule has 0 saturated carbocycles. The maximum atomic E-state index is 14.8. The van der Waals surface area contributed by atoms with Gasteiger partial charge in [0.1, 0.15) is 21.2 Å². The number of pyridine rings is 1. The van der Waals surface area contributed by atoms with Crippen molar-refractivity contribution in [2.45, 2.75) is 45.8 Å². The van der Waals surface area contributed by atoms with E-state index in [4.69, 9.17) is 19.9 Å². The number of hydrogen-bond donors (Lipinski definition) is 1. The van der Waals surface area contributed by atoms with Crippen molar-refractivity contribution in [2.75, 3.05) is 42.7 Å². The smallest absolute Gasteiger partial charge is 0.334 e. The zero-order valence-corrected chi connectivity index (χ0v) is 26.9. The number of ether oxygens (including phenoxy) is 3. The Morgan fingerprint density at radius 3 is 2.59 bits per heavy atom. The van der Waals surface area contributed by atoms with Crippen LogP contribution in [0.3, 0.4) is 0 Å². The zero-order chi connectivity index (χ0) is 32.4. The van der Waals surface area contributed by atoms with E-state index in [1.807, 2.05) is 69.3 Å². The summed E-state index contributed by atoms with van der Waals surface area (Å²) in [6.45, 7) is 7.41. The second-order valence-corrected chi connectivity index (χ2v) is 12.2. The fourth-order valence-electron chi connectivity index (χ4n) is 6.21. The van der Waals surface area contributed by atoms with Crippen LogP contribution in [0.15, 0.2) is 60.8 Å². The zero-order valence-electron chi connectivity index (χ0n) is 26.1. The number of likely N-dealkylation sites (tertiary alicyclic amines) is 1. The topological polar surface area (TPSA) is 128 Å². The third-order valence-corrected chi connectivity index (χ3v) is 9.33. The number of para-hydroxylation sites is 1. The predicted octanol–water partition coefficient (Wildman–Crippen LogP) is 6.01. The number of primary amides is 1. The Kier molecular flexibility index (Phi) is 9.20. The number of aryl methyl sites for hydroxylation is 1. The predicted molar refractivity (Wildman–Crippen MR) is 177 cm³/mol. The van der Waals surface area contributed by atoms with E-state index in [0.717, 1.165) is 5.56 Å². The number of nitrogens with zero attached hydrogens (tertiary/aromatic N) is 4. The summed E-state index contributed by atoms with van der Waals surface area (Å²) in [6, 6.07) is 16.1. The van der Waals surface area contributed by atoms with Gasteiger partial charge >= 0.3 is 6.03 Å². The van der Waals surface area contributed by atoms with Crippen LogP contribution in [0.25, 0.3) is 10.2 Å². The molecule has 2 aliphatic heterocycles. The number of anilines is 3. The third-order valence-electron chi connectivity index (χ3n) is 8.23. The first-order chi connectivity index (χ1) is 22.3. The Hall–Kier alpha value is -4.52. The lowest BCUT2D eigenvalue weighted by Crippen LogP contribution is -2.57. The second kappa shape index (κ2) is 13.5. The first-order valence-corrected chi connectivity index (χ1v) is 16.3. The maximum Gasteiger partial charge on any atom is 0.334 e. The van der Waals surface area contributed by atoms with E-state index < -0.39 is 18.1 Å². The highest BCUT2D eigenvalue weighted by atomic mass is 32.1. The number of carbonyl (C=O) groups excluding carboxylic acids is 3. The van der Waals surface area contributed by atoms with Crippen LogP contribution in [0.5, 0.6) is 11.5 Å². The molecule has 0 bridgehead atoms. The van der Waals surface area contributed by atoms with Crippen LogP contribution < -0.4 is 20.3 Å². The summed E-state index contributed by atoms with van der Waals surface area (Å²) in [6.07, 6.45) is 2.18. The molecule has 0 aliphatic carbocycles. The highest BCUT2D eigenvalue weighted by Gasteiger charge is 2.43. The molecule has 6 rings (SSSR count). The monoisotopic (exact) mass is 643 g/mol. The molecule has 2 N–H and O–H groups in total. The quantitative estimate of drug-likeness (QED) is 0.212. The summed E-state index contributed by atoms with van der Waals surface area (Å²) >= 11 is 1.17. The second-order valence-electron chi connectivity index (χ2n) is 11.2. The van der Waals surface area contributed by atoms with Crippen LogP contribution >= 0.6 is 11.3 Å². The van der Waals surface area contributed by atoms with Gasteiger partial charge in [-0.05, 0) is 75.6 Å². The molecule has 2 aliphatic rings. The van der Waals surface area contributed by atoms with Gasteiger partial charge in [0.2, 0.25) is 0 Å². The van der Waals surface area contributed by atoms with Crippen molar-refractivity contribution in [3.8, 4) is 11.5 Å². The van der Waals surface area contributed by atoms with E-state index in [1.54, 1.807) is 27.0 Å². The first kappa shape index (κ1) is 31.5. The minimum absolute atomic E-state index is 0.153. The number of carbonyl (C=O) groups is 3. The molecule has 1 fully saturated rings. The molecular formula is C34H37N5O6S. The summed E-state index contributed by atoms with van der Waals surface area (Å²) in [5.74, 6) is 0.527. The lowest BCUT2D eigenvalue weighted by Gasteiger charge is -2.44. The van der Waals surface area contributed by atoms with Crippen molar-refractivity contribution in [2.24, 2.45) is 5.73 Å². The fourth-order valence-corrected chi connectivity index (χ4v) is 7.21.